The second-order valence-electron chi connectivity index (χ2n) is 6.50. The second kappa shape index (κ2) is 8.59. The number of nitrogens with zero attached hydrogens (tertiary/aromatic N) is 1. The quantitative estimate of drug-likeness (QED) is 0.588. The molecule has 0 radical (unpaired) electrons. The fourth-order valence-corrected chi connectivity index (χ4v) is 4.86. The van der Waals surface area contributed by atoms with Crippen molar-refractivity contribution in [3.8, 4) is 10.4 Å². The first kappa shape index (κ1) is 19.4. The molecule has 1 aliphatic heterocycles. The van der Waals surface area contributed by atoms with Gasteiger partial charge in [0.05, 0.1) is 12.6 Å². The molecule has 6 nitrogen and oxygen atoms in total. The molecular weight excluding hydrogens is 406 g/mol. The van der Waals surface area contributed by atoms with Gasteiger partial charge >= 0.3 is 5.97 Å². The van der Waals surface area contributed by atoms with Crippen LogP contribution in [0.4, 0.5) is 5.69 Å². The van der Waals surface area contributed by atoms with Gasteiger partial charge in [0.25, 0.3) is 5.91 Å². The Hall–Kier alpha value is -2.97. The molecule has 1 atom stereocenters. The summed E-state index contributed by atoms with van der Waals surface area (Å²) in [6.07, 6.45) is 4.95. The van der Waals surface area contributed by atoms with Crippen molar-refractivity contribution in [2.24, 2.45) is 0 Å². The molecule has 0 saturated carbocycles. The van der Waals surface area contributed by atoms with Crippen LogP contribution < -0.4 is 10.6 Å². The van der Waals surface area contributed by atoms with Crippen LogP contribution in [0, 0.1) is 0 Å². The Morgan fingerprint density at radius 2 is 2.10 bits per heavy atom. The lowest BCUT2D eigenvalue weighted by atomic mass is 9.93. The van der Waals surface area contributed by atoms with Crippen LogP contribution in [0.15, 0.2) is 53.5 Å². The molecule has 2 aromatic heterocycles. The summed E-state index contributed by atoms with van der Waals surface area (Å²) >= 11 is 2.81. The first-order valence-electron chi connectivity index (χ1n) is 9.08. The molecule has 2 N–H and O–H groups in total. The summed E-state index contributed by atoms with van der Waals surface area (Å²) in [5, 5.41) is 7.73. The molecule has 0 aliphatic carbocycles. The Labute approximate surface area is 176 Å². The molecule has 148 valence electrons. The summed E-state index contributed by atoms with van der Waals surface area (Å²) in [4.78, 5) is 30.1. The van der Waals surface area contributed by atoms with Gasteiger partial charge in [-0.25, -0.2) is 9.78 Å². The third-order valence-corrected chi connectivity index (χ3v) is 6.44. The fraction of sp³-hybridized carbons (Fsp3) is 0.190. The number of anilines is 1. The minimum Gasteiger partial charge on any atom is -0.465 e. The van der Waals surface area contributed by atoms with Crippen molar-refractivity contribution in [1.82, 2.24) is 10.3 Å². The topological polar surface area (TPSA) is 80.3 Å². The first-order chi connectivity index (χ1) is 14.2. The van der Waals surface area contributed by atoms with Crippen molar-refractivity contribution in [2.45, 2.75) is 12.3 Å². The molecule has 8 heteroatoms. The van der Waals surface area contributed by atoms with Gasteiger partial charge in [0.2, 0.25) is 0 Å². The van der Waals surface area contributed by atoms with E-state index in [-0.39, 0.29) is 17.8 Å². The van der Waals surface area contributed by atoms with E-state index in [1.807, 2.05) is 30.5 Å². The fourth-order valence-electron chi connectivity index (χ4n) is 3.17. The standard InChI is InChI=1S/C21H19N3O3S2/c1-27-21(26)19-16(13-6-8-22-9-7-13)10-18(29-19)14-2-4-15(5-3-14)24-20(25)17-11-28-12-23-17/h2-6,8,10-13,22H,7,9H2,1H3,(H,24,25). The van der Waals surface area contributed by atoms with Gasteiger partial charge in [-0.05, 0) is 41.9 Å². The van der Waals surface area contributed by atoms with Crippen LogP contribution in [0.25, 0.3) is 10.4 Å². The van der Waals surface area contributed by atoms with E-state index < -0.39 is 0 Å². The molecule has 0 saturated heterocycles. The second-order valence-corrected chi connectivity index (χ2v) is 8.27. The van der Waals surface area contributed by atoms with E-state index in [4.69, 9.17) is 4.74 Å². The molecule has 3 heterocycles. The third kappa shape index (κ3) is 4.23. The van der Waals surface area contributed by atoms with Gasteiger partial charge < -0.3 is 15.4 Å². The highest BCUT2D eigenvalue weighted by Crippen LogP contribution is 2.38. The average molecular weight is 426 g/mol. The van der Waals surface area contributed by atoms with Crippen LogP contribution in [0.5, 0.6) is 0 Å². The van der Waals surface area contributed by atoms with Crippen molar-refractivity contribution in [3.05, 3.63) is 69.6 Å². The number of hydrogen-bond acceptors (Lipinski definition) is 7. The molecule has 0 spiro atoms. The van der Waals surface area contributed by atoms with Crippen LogP contribution >= 0.6 is 22.7 Å². The predicted molar refractivity (Wildman–Crippen MR) is 116 cm³/mol. The minimum atomic E-state index is -0.310. The first-order valence-corrected chi connectivity index (χ1v) is 10.8. The molecule has 1 unspecified atom stereocenters. The highest BCUT2D eigenvalue weighted by molar-refractivity contribution is 7.17. The number of methoxy groups -OCH3 is 1. The van der Waals surface area contributed by atoms with Crippen LogP contribution in [0.2, 0.25) is 0 Å². The smallest absolute Gasteiger partial charge is 0.348 e. The largest absolute Gasteiger partial charge is 0.465 e. The van der Waals surface area contributed by atoms with Gasteiger partial charge in [0, 0.05) is 28.4 Å². The van der Waals surface area contributed by atoms with E-state index in [1.165, 1.54) is 29.8 Å². The van der Waals surface area contributed by atoms with Crippen LogP contribution in [-0.4, -0.2) is 30.5 Å². The maximum absolute atomic E-state index is 12.3. The van der Waals surface area contributed by atoms with Gasteiger partial charge in [0.1, 0.15) is 10.6 Å². The number of thiazole rings is 1. The van der Waals surface area contributed by atoms with Crippen molar-refractivity contribution < 1.29 is 14.3 Å². The molecule has 29 heavy (non-hydrogen) atoms. The zero-order valence-electron chi connectivity index (χ0n) is 15.7. The van der Waals surface area contributed by atoms with Crippen LogP contribution in [0.3, 0.4) is 0 Å². The summed E-state index contributed by atoms with van der Waals surface area (Å²) in [5.74, 6) is -0.356. The van der Waals surface area contributed by atoms with Gasteiger partial charge in [-0.3, -0.25) is 4.79 Å². The number of carbonyl (C=O) groups is 2. The lowest BCUT2D eigenvalue weighted by molar-refractivity contribution is 0.0604. The Bertz CT molecular complexity index is 1040. The summed E-state index contributed by atoms with van der Waals surface area (Å²) in [6, 6.07) is 9.64. The maximum atomic E-state index is 12.3. The number of carbonyl (C=O) groups excluding carboxylic acids is 2. The number of rotatable bonds is 5. The number of hydrogen-bond donors (Lipinski definition) is 2. The monoisotopic (exact) mass is 425 g/mol. The number of thiophene rings is 1. The third-order valence-electron chi connectivity index (χ3n) is 4.67. The lowest BCUT2D eigenvalue weighted by Gasteiger charge is -2.17. The highest BCUT2D eigenvalue weighted by atomic mass is 32.1. The number of amides is 1. The van der Waals surface area contributed by atoms with E-state index in [9.17, 15) is 9.59 Å². The SMILES string of the molecule is COC(=O)c1sc(-c2ccc(NC(=O)c3cscn3)cc2)cc1C1C=CNCC1. The average Bonchev–Trinajstić information content (AvgIpc) is 3.45. The number of nitrogens with one attached hydrogen (secondary N) is 2. The van der Waals surface area contributed by atoms with Gasteiger partial charge in [0.15, 0.2) is 0 Å². The summed E-state index contributed by atoms with van der Waals surface area (Å²) in [6.45, 7) is 0.875. The molecule has 1 amide bonds. The highest BCUT2D eigenvalue weighted by Gasteiger charge is 2.23. The number of esters is 1. The Kier molecular flexibility index (Phi) is 5.73. The van der Waals surface area contributed by atoms with E-state index in [2.05, 4.69) is 27.8 Å². The number of ether oxygens (including phenoxy) is 1. The number of aromatic nitrogens is 1. The normalized spacial score (nSPS) is 15.6. The molecule has 4 rings (SSSR count). The number of allylic oxidation sites excluding steroid dienone is 1. The van der Waals surface area contributed by atoms with Crippen molar-refractivity contribution >= 4 is 40.2 Å². The Morgan fingerprint density at radius 3 is 2.76 bits per heavy atom. The molecule has 1 aliphatic rings. The van der Waals surface area contributed by atoms with Crippen molar-refractivity contribution in [3.63, 3.8) is 0 Å². The van der Waals surface area contributed by atoms with Gasteiger partial charge in [-0.15, -0.1) is 22.7 Å². The summed E-state index contributed by atoms with van der Waals surface area (Å²) in [5.41, 5.74) is 4.70. The molecular formula is C21H19N3O3S2. The summed E-state index contributed by atoms with van der Waals surface area (Å²) in [7, 11) is 1.41. The predicted octanol–water partition coefficient (Wildman–Crippen LogP) is 4.50. The van der Waals surface area contributed by atoms with Crippen molar-refractivity contribution in [2.75, 3.05) is 19.0 Å². The van der Waals surface area contributed by atoms with Crippen molar-refractivity contribution in [1.29, 1.82) is 0 Å². The number of benzene rings is 1. The van der Waals surface area contributed by atoms with Crippen LogP contribution in [0.1, 0.15) is 38.1 Å². The zero-order valence-corrected chi connectivity index (χ0v) is 17.3. The Morgan fingerprint density at radius 1 is 1.28 bits per heavy atom. The summed E-state index contributed by atoms with van der Waals surface area (Å²) < 4.78 is 4.99. The molecule has 3 aromatic rings. The molecule has 0 bridgehead atoms. The van der Waals surface area contributed by atoms with E-state index >= 15 is 0 Å². The lowest BCUT2D eigenvalue weighted by Crippen LogP contribution is -2.17. The molecule has 1 aromatic carbocycles. The van der Waals surface area contributed by atoms with E-state index in [1.54, 1.807) is 10.9 Å². The van der Waals surface area contributed by atoms with E-state index in [0.29, 0.717) is 16.3 Å². The molecule has 0 fully saturated rings. The zero-order chi connectivity index (χ0) is 20.2. The maximum Gasteiger partial charge on any atom is 0.348 e. The van der Waals surface area contributed by atoms with Gasteiger partial charge in [-0.1, -0.05) is 18.2 Å². The minimum absolute atomic E-state index is 0.187. The Balaban J connectivity index is 1.58. The van der Waals surface area contributed by atoms with Gasteiger partial charge in [-0.2, -0.15) is 0 Å². The van der Waals surface area contributed by atoms with Crippen LogP contribution in [-0.2, 0) is 4.74 Å². The van der Waals surface area contributed by atoms with E-state index in [0.717, 1.165) is 29.0 Å².